The lowest BCUT2D eigenvalue weighted by Gasteiger charge is -2.51. The SMILES string of the molecule is CC(C)(C)c1cc([PH+](C(C)(C)C)C(C)(C)C)cc(C(C)(C)C)c1.Cc1cc(C)c([B-](c2c(C)cc(C)cc2C)(c2c(C)cc(C)cc2C)c2c(C)cc(C)cc2C)c(C)c1. The van der Waals surface area contributed by atoms with Crippen LogP contribution in [0.25, 0.3) is 0 Å². The molecule has 0 aromatic heterocycles. The molecule has 324 valence electrons. The summed E-state index contributed by atoms with van der Waals surface area (Å²) in [5.41, 5.74) is 25.7. The molecule has 0 saturated heterocycles. The Kier molecular flexibility index (Phi) is 14.3. The Labute approximate surface area is 371 Å². The Morgan fingerprint density at radius 3 is 0.667 bits per heavy atom. The van der Waals surface area contributed by atoms with Gasteiger partial charge in [0.2, 0.25) is 0 Å². The number of hydrogen-bond acceptors (Lipinski definition) is 0. The topological polar surface area (TPSA) is 0 Å². The second kappa shape index (κ2) is 17.4. The zero-order valence-corrected chi connectivity index (χ0v) is 43.9. The van der Waals surface area contributed by atoms with Gasteiger partial charge in [0, 0.05) is 7.92 Å². The van der Waals surface area contributed by atoms with Crippen molar-refractivity contribution in [2.45, 2.75) is 187 Å². The van der Waals surface area contributed by atoms with Crippen LogP contribution >= 0.6 is 7.92 Å². The van der Waals surface area contributed by atoms with E-state index in [0.717, 1.165) is 0 Å². The van der Waals surface area contributed by atoms with Gasteiger partial charge in [-0.15, -0.1) is 0 Å². The third-order valence-electron chi connectivity index (χ3n) is 13.1. The van der Waals surface area contributed by atoms with Crippen LogP contribution in [-0.2, 0) is 10.8 Å². The third-order valence-corrected chi connectivity index (χ3v) is 17.0. The molecule has 0 amide bonds. The highest BCUT2D eigenvalue weighted by Gasteiger charge is 2.44. The number of benzene rings is 5. The minimum absolute atomic E-state index is 0.193. The average molecular weight is 823 g/mol. The van der Waals surface area contributed by atoms with Gasteiger partial charge in [-0.05, 0) is 159 Å². The van der Waals surface area contributed by atoms with Crippen molar-refractivity contribution in [2.75, 3.05) is 0 Å². The highest BCUT2D eigenvalue weighted by atomic mass is 31.1. The Morgan fingerprint density at radius 2 is 0.500 bits per heavy atom. The largest absolute Gasteiger partial charge is 0.189 e. The second-order valence-corrected chi connectivity index (χ2v) is 27.6. The minimum Gasteiger partial charge on any atom is -0.189 e. The van der Waals surface area contributed by atoms with Crippen LogP contribution in [0, 0.1) is 83.1 Å². The summed E-state index contributed by atoms with van der Waals surface area (Å²) in [5, 5.41) is 2.29. The summed E-state index contributed by atoms with van der Waals surface area (Å²) in [5.74, 6) is 0. The zero-order chi connectivity index (χ0) is 45.8. The molecule has 60 heavy (non-hydrogen) atoms. The molecule has 0 radical (unpaired) electrons. The first-order valence-corrected chi connectivity index (χ1v) is 24.3. The van der Waals surface area contributed by atoms with E-state index in [0.29, 0.717) is 10.3 Å². The summed E-state index contributed by atoms with van der Waals surface area (Å²) >= 11 is 0. The van der Waals surface area contributed by atoms with Crippen LogP contribution in [0.3, 0.4) is 0 Å². The number of aryl methyl sites for hydroxylation is 12. The lowest BCUT2D eigenvalue weighted by molar-refractivity contribution is 0.569. The van der Waals surface area contributed by atoms with Gasteiger partial charge in [-0.25, -0.2) is 0 Å². The minimum atomic E-state index is -1.48. The molecule has 0 N–H and O–H groups in total. The molecule has 5 aromatic carbocycles. The smallest absolute Gasteiger partial charge is 0.110 e. The van der Waals surface area contributed by atoms with Gasteiger partial charge in [0.25, 0.3) is 0 Å². The maximum Gasteiger partial charge on any atom is 0.110 e. The van der Waals surface area contributed by atoms with Crippen molar-refractivity contribution in [3.05, 3.63) is 145 Å². The molecule has 0 unspecified atom stereocenters. The van der Waals surface area contributed by atoms with Gasteiger partial charge in [0.15, 0.2) is 0 Å². The van der Waals surface area contributed by atoms with Crippen molar-refractivity contribution in [3.8, 4) is 0 Å². The molecular formula is C58H84BP. The monoisotopic (exact) mass is 823 g/mol. The van der Waals surface area contributed by atoms with Crippen LogP contribution in [0.5, 0.6) is 0 Å². The van der Waals surface area contributed by atoms with E-state index in [1.165, 1.54) is 99.7 Å². The molecule has 2 heteroatoms. The maximum atomic E-state index is 2.51. The van der Waals surface area contributed by atoms with Crippen LogP contribution in [0.1, 0.15) is 161 Å². The van der Waals surface area contributed by atoms with Gasteiger partial charge >= 0.3 is 0 Å². The van der Waals surface area contributed by atoms with Crippen molar-refractivity contribution < 1.29 is 0 Å². The van der Waals surface area contributed by atoms with Crippen LogP contribution in [-0.4, -0.2) is 16.5 Å². The molecular weight excluding hydrogens is 738 g/mol. The molecule has 0 aliphatic heterocycles. The fraction of sp³-hybridized carbons (Fsp3) is 0.483. The summed E-state index contributed by atoms with van der Waals surface area (Å²) in [4.78, 5) is 0. The van der Waals surface area contributed by atoms with Gasteiger partial charge in [0.05, 0.1) is 15.6 Å². The molecule has 0 atom stereocenters. The van der Waals surface area contributed by atoms with E-state index in [9.17, 15) is 0 Å². The van der Waals surface area contributed by atoms with Crippen molar-refractivity contribution in [1.82, 2.24) is 0 Å². The third kappa shape index (κ3) is 10.1. The zero-order valence-electron chi connectivity index (χ0n) is 42.9. The van der Waals surface area contributed by atoms with Crippen molar-refractivity contribution in [1.29, 1.82) is 0 Å². The second-order valence-electron chi connectivity index (χ2n) is 23.3. The molecule has 0 aliphatic carbocycles. The van der Waals surface area contributed by atoms with E-state index < -0.39 is 14.1 Å². The maximum absolute atomic E-state index is 2.51. The van der Waals surface area contributed by atoms with E-state index in [-0.39, 0.29) is 10.8 Å². The fourth-order valence-electron chi connectivity index (χ4n) is 12.0. The van der Waals surface area contributed by atoms with Gasteiger partial charge in [-0.1, -0.05) is 163 Å². The molecule has 0 aliphatic rings. The van der Waals surface area contributed by atoms with Crippen molar-refractivity contribution in [2.24, 2.45) is 0 Å². The first kappa shape index (κ1) is 49.3. The van der Waals surface area contributed by atoms with Gasteiger partial charge in [-0.2, -0.15) is 21.9 Å². The molecule has 5 aromatic rings. The molecule has 0 spiro atoms. The van der Waals surface area contributed by atoms with Crippen molar-refractivity contribution >= 4 is 41.2 Å². The highest BCUT2D eigenvalue weighted by Crippen LogP contribution is 2.58. The molecule has 0 bridgehead atoms. The summed E-state index contributed by atoms with van der Waals surface area (Å²) in [7, 11) is -0.717. The quantitative estimate of drug-likeness (QED) is 0.122. The Balaban J connectivity index is 0.000000297. The lowest BCUT2D eigenvalue weighted by Crippen LogP contribution is -2.78. The standard InChI is InChI=1S/C36H44B.C22H39P/c1-21-13-25(5)33(26(6)14-21)37(34-27(7)15-22(2)16-28(34)8,35-29(9)17-23(3)18-30(35)10)36-31(11)19-24(4)20-32(36)12;1-19(2,3)16-13-17(20(4,5)6)15-18(14-16)23(21(7,8)9)22(10,11)12/h13-20H,1-12H3;13-15H,1-12H3/q-1;/p+1. The first-order chi connectivity index (χ1) is 27.2. The molecule has 0 nitrogen and oxygen atoms in total. The van der Waals surface area contributed by atoms with Gasteiger partial charge in [-0.3, -0.25) is 0 Å². The van der Waals surface area contributed by atoms with E-state index in [4.69, 9.17) is 0 Å². The molecule has 5 rings (SSSR count). The Morgan fingerprint density at radius 1 is 0.300 bits per heavy atom. The number of hydrogen-bond donors (Lipinski definition) is 0. The van der Waals surface area contributed by atoms with E-state index in [1.807, 2.05) is 0 Å². The van der Waals surface area contributed by atoms with Gasteiger partial charge in [0.1, 0.15) is 6.15 Å². The molecule has 0 fully saturated rings. The number of rotatable bonds is 5. The predicted octanol–water partition coefficient (Wildman–Crippen LogP) is 13.5. The van der Waals surface area contributed by atoms with Crippen molar-refractivity contribution in [3.63, 3.8) is 0 Å². The molecule has 0 heterocycles. The first-order valence-electron chi connectivity index (χ1n) is 22.8. The van der Waals surface area contributed by atoms with Crippen LogP contribution in [0.15, 0.2) is 66.7 Å². The summed E-state index contributed by atoms with van der Waals surface area (Å²) in [6.07, 6.45) is -1.48. The van der Waals surface area contributed by atoms with E-state index >= 15 is 0 Å². The summed E-state index contributed by atoms with van der Waals surface area (Å²) in [6.45, 7) is 56.1. The van der Waals surface area contributed by atoms with Crippen LogP contribution in [0.4, 0.5) is 0 Å². The van der Waals surface area contributed by atoms with E-state index in [1.54, 1.807) is 5.30 Å². The average Bonchev–Trinajstić information content (AvgIpc) is 3.00. The Hall–Kier alpha value is -3.41. The molecule has 0 saturated carbocycles. The lowest BCUT2D eigenvalue weighted by atomic mass is 9.10. The normalized spacial score (nSPS) is 12.8. The van der Waals surface area contributed by atoms with E-state index in [2.05, 4.69) is 233 Å². The van der Waals surface area contributed by atoms with Gasteiger partial charge < -0.3 is 0 Å². The highest BCUT2D eigenvalue weighted by molar-refractivity contribution is 7.68. The Bertz CT molecular complexity index is 2000. The van der Waals surface area contributed by atoms with Crippen LogP contribution < -0.4 is 27.2 Å². The fourth-order valence-corrected chi connectivity index (χ4v) is 16.6. The summed E-state index contributed by atoms with van der Waals surface area (Å²) in [6, 6.07) is 26.7. The predicted molar refractivity (Wildman–Crippen MR) is 278 cm³/mol. The van der Waals surface area contributed by atoms with Crippen LogP contribution in [0.2, 0.25) is 0 Å². The summed E-state index contributed by atoms with van der Waals surface area (Å²) < 4.78 is 0.